The molecule has 0 radical (unpaired) electrons. The summed E-state index contributed by atoms with van der Waals surface area (Å²) >= 11 is 1.71. The first-order valence-electron chi connectivity index (χ1n) is 11.8. The van der Waals surface area contributed by atoms with E-state index in [-0.39, 0.29) is 40.8 Å². The molecular weight excluding hydrogens is 512 g/mol. The Kier molecular flexibility index (Phi) is 6.80. The molecule has 5 rings (SSSR count). The molecule has 37 heavy (non-hydrogen) atoms. The van der Waals surface area contributed by atoms with Gasteiger partial charge in [-0.05, 0) is 42.7 Å². The highest BCUT2D eigenvalue weighted by Gasteiger charge is 2.33. The summed E-state index contributed by atoms with van der Waals surface area (Å²) in [5.74, 6) is -0.314. The van der Waals surface area contributed by atoms with E-state index in [1.54, 1.807) is 40.5 Å². The number of benzene rings is 1. The minimum Gasteiger partial charge on any atom is -0.338 e. The number of likely N-dealkylation sites (tertiary alicyclic amines) is 1. The molecule has 10 nitrogen and oxygen atoms in total. The molecular formula is C25H26N6O4S2. The summed E-state index contributed by atoms with van der Waals surface area (Å²) in [6.07, 6.45) is 4.24. The first-order valence-corrected chi connectivity index (χ1v) is 14.2. The number of ketones is 1. The fraction of sp³-hybridized carbons (Fsp3) is 0.280. The SMILES string of the molecule is CC(=O)c1cnn2c(N(Cc3ccccc3)S(N)(=O)=O)c(C(=O)N3CCC(c4cccs4)CC3)cnc12. The molecule has 0 spiro atoms. The molecule has 3 aromatic heterocycles. The van der Waals surface area contributed by atoms with Crippen molar-refractivity contribution < 1.29 is 18.0 Å². The lowest BCUT2D eigenvalue weighted by atomic mass is 9.95. The van der Waals surface area contributed by atoms with Crippen molar-refractivity contribution in [1.82, 2.24) is 19.5 Å². The molecule has 1 fully saturated rings. The van der Waals surface area contributed by atoms with Crippen molar-refractivity contribution in [2.24, 2.45) is 5.14 Å². The molecule has 12 heteroatoms. The number of carbonyl (C=O) groups excluding carboxylic acids is 2. The van der Waals surface area contributed by atoms with Crippen molar-refractivity contribution in [1.29, 1.82) is 0 Å². The standard InChI is InChI=1S/C25H26N6O4S2/c1-17(32)20-15-28-31-23(20)27-14-21(24(31)30(37(26,34)35)16-18-6-3-2-4-7-18)25(33)29-11-9-19(10-12-29)22-8-5-13-36-22/h2-8,13-15,19H,9-12,16H2,1H3,(H2,26,34,35). The van der Waals surface area contributed by atoms with Crippen LogP contribution in [0.5, 0.6) is 0 Å². The zero-order chi connectivity index (χ0) is 26.2. The lowest BCUT2D eigenvalue weighted by molar-refractivity contribution is 0.0713. The van der Waals surface area contributed by atoms with E-state index in [0.29, 0.717) is 24.6 Å². The van der Waals surface area contributed by atoms with Crippen molar-refractivity contribution >= 4 is 44.7 Å². The van der Waals surface area contributed by atoms with Gasteiger partial charge < -0.3 is 4.90 Å². The van der Waals surface area contributed by atoms with Gasteiger partial charge in [0.1, 0.15) is 5.56 Å². The lowest BCUT2D eigenvalue weighted by Crippen LogP contribution is -2.42. The van der Waals surface area contributed by atoms with E-state index in [4.69, 9.17) is 5.14 Å². The quantitative estimate of drug-likeness (QED) is 0.360. The Labute approximate surface area is 218 Å². The normalized spacial score (nSPS) is 14.7. The van der Waals surface area contributed by atoms with Gasteiger partial charge in [0.05, 0.1) is 18.3 Å². The monoisotopic (exact) mass is 538 g/mol. The molecule has 0 bridgehead atoms. The summed E-state index contributed by atoms with van der Waals surface area (Å²) < 4.78 is 28.0. The second kappa shape index (κ2) is 10.0. The van der Waals surface area contributed by atoms with E-state index in [1.807, 2.05) is 17.5 Å². The Morgan fingerprint density at radius 2 is 1.81 bits per heavy atom. The molecule has 192 valence electrons. The average Bonchev–Trinajstić information content (AvgIpc) is 3.57. The van der Waals surface area contributed by atoms with Gasteiger partial charge in [-0.3, -0.25) is 9.59 Å². The van der Waals surface area contributed by atoms with E-state index in [0.717, 1.165) is 17.1 Å². The molecule has 2 N–H and O–H groups in total. The maximum Gasteiger partial charge on any atom is 0.300 e. The number of hydrogen-bond acceptors (Lipinski definition) is 7. The Morgan fingerprint density at radius 3 is 2.43 bits per heavy atom. The van der Waals surface area contributed by atoms with E-state index in [9.17, 15) is 18.0 Å². The van der Waals surface area contributed by atoms with Crippen LogP contribution in [-0.4, -0.2) is 52.7 Å². The Hall–Kier alpha value is -3.61. The van der Waals surface area contributed by atoms with Gasteiger partial charge in [-0.1, -0.05) is 36.4 Å². The van der Waals surface area contributed by atoms with Crippen LogP contribution in [0, 0.1) is 0 Å². The summed E-state index contributed by atoms with van der Waals surface area (Å²) in [5.41, 5.74) is 1.07. The topological polar surface area (TPSA) is 131 Å². The Balaban J connectivity index is 1.58. The summed E-state index contributed by atoms with van der Waals surface area (Å²) in [7, 11) is -4.35. The maximum absolute atomic E-state index is 13.8. The molecule has 0 atom stereocenters. The summed E-state index contributed by atoms with van der Waals surface area (Å²) in [5, 5.41) is 12.0. The zero-order valence-electron chi connectivity index (χ0n) is 20.1. The van der Waals surface area contributed by atoms with Gasteiger partial charge >= 0.3 is 10.2 Å². The van der Waals surface area contributed by atoms with E-state index in [1.165, 1.54) is 28.7 Å². The average molecular weight is 539 g/mol. The molecule has 1 saturated heterocycles. The summed E-state index contributed by atoms with van der Waals surface area (Å²) in [4.78, 5) is 33.3. The largest absolute Gasteiger partial charge is 0.338 e. The number of nitrogens with zero attached hydrogens (tertiary/aromatic N) is 5. The number of rotatable bonds is 7. The second-order valence-corrected chi connectivity index (χ2v) is 11.4. The molecule has 1 aliphatic rings. The highest BCUT2D eigenvalue weighted by Crippen LogP contribution is 2.33. The van der Waals surface area contributed by atoms with Crippen molar-refractivity contribution in [2.75, 3.05) is 17.4 Å². The molecule has 1 amide bonds. The highest BCUT2D eigenvalue weighted by molar-refractivity contribution is 7.90. The van der Waals surface area contributed by atoms with Gasteiger partial charge in [-0.25, -0.2) is 14.4 Å². The Bertz CT molecular complexity index is 1540. The van der Waals surface area contributed by atoms with Crippen LogP contribution in [0.15, 0.2) is 60.2 Å². The van der Waals surface area contributed by atoms with Crippen LogP contribution in [0.25, 0.3) is 5.65 Å². The molecule has 0 unspecified atom stereocenters. The minimum atomic E-state index is -4.35. The van der Waals surface area contributed by atoms with Gasteiger partial charge in [0.2, 0.25) is 0 Å². The van der Waals surface area contributed by atoms with Gasteiger partial charge in [-0.2, -0.15) is 18.0 Å². The first kappa shape index (κ1) is 25.1. The number of piperidine rings is 1. The number of aromatic nitrogens is 3. The first-order chi connectivity index (χ1) is 17.7. The van der Waals surface area contributed by atoms with Gasteiger partial charge in [0.15, 0.2) is 17.2 Å². The van der Waals surface area contributed by atoms with Gasteiger partial charge in [0.25, 0.3) is 5.91 Å². The van der Waals surface area contributed by atoms with Crippen LogP contribution in [-0.2, 0) is 16.8 Å². The second-order valence-electron chi connectivity index (χ2n) is 8.96. The van der Waals surface area contributed by atoms with E-state index >= 15 is 0 Å². The van der Waals surface area contributed by atoms with Crippen LogP contribution < -0.4 is 9.44 Å². The summed E-state index contributed by atoms with van der Waals surface area (Å²) in [6, 6.07) is 13.0. The number of amides is 1. The number of thiophene rings is 1. The zero-order valence-corrected chi connectivity index (χ0v) is 21.8. The van der Waals surface area contributed by atoms with Gasteiger partial charge in [-0.15, -0.1) is 11.3 Å². The van der Waals surface area contributed by atoms with Crippen molar-refractivity contribution in [3.63, 3.8) is 0 Å². The molecule has 1 aliphatic heterocycles. The third kappa shape index (κ3) is 4.99. The fourth-order valence-corrected chi connectivity index (χ4v) is 6.30. The number of Topliss-reactive ketones (excluding diaryl/α,β-unsaturated/α-hetero) is 1. The molecule has 0 aliphatic carbocycles. The van der Waals surface area contributed by atoms with Crippen LogP contribution in [0.1, 0.15) is 56.8 Å². The van der Waals surface area contributed by atoms with Gasteiger partial charge in [0, 0.05) is 24.2 Å². The van der Waals surface area contributed by atoms with Crippen molar-refractivity contribution in [3.05, 3.63) is 81.8 Å². The number of carbonyl (C=O) groups is 2. The molecule has 0 saturated carbocycles. The third-order valence-corrected chi connectivity index (χ3v) is 8.50. The summed E-state index contributed by atoms with van der Waals surface area (Å²) in [6.45, 7) is 2.28. The van der Waals surface area contributed by atoms with Crippen LogP contribution in [0.2, 0.25) is 0 Å². The predicted molar refractivity (Wildman–Crippen MR) is 141 cm³/mol. The van der Waals surface area contributed by atoms with Crippen molar-refractivity contribution in [2.45, 2.75) is 32.2 Å². The fourth-order valence-electron chi connectivity index (χ4n) is 4.65. The molecule has 4 aromatic rings. The van der Waals surface area contributed by atoms with Crippen molar-refractivity contribution in [3.8, 4) is 0 Å². The highest BCUT2D eigenvalue weighted by atomic mass is 32.2. The Morgan fingerprint density at radius 1 is 1.08 bits per heavy atom. The maximum atomic E-state index is 13.8. The molecule has 4 heterocycles. The predicted octanol–water partition coefficient (Wildman–Crippen LogP) is 3.22. The number of hydrogen-bond donors (Lipinski definition) is 1. The van der Waals surface area contributed by atoms with E-state index < -0.39 is 10.2 Å². The van der Waals surface area contributed by atoms with Crippen LogP contribution >= 0.6 is 11.3 Å². The lowest BCUT2D eigenvalue weighted by Gasteiger charge is -2.33. The minimum absolute atomic E-state index is 0.0465. The third-order valence-electron chi connectivity index (χ3n) is 6.55. The number of nitrogens with two attached hydrogens (primary N) is 1. The molecule has 1 aromatic carbocycles. The van der Waals surface area contributed by atoms with Crippen LogP contribution in [0.4, 0.5) is 5.82 Å². The number of anilines is 1. The number of fused-ring (bicyclic) bond motifs is 1. The van der Waals surface area contributed by atoms with Crippen LogP contribution in [0.3, 0.4) is 0 Å². The van der Waals surface area contributed by atoms with E-state index in [2.05, 4.69) is 16.1 Å². The smallest absolute Gasteiger partial charge is 0.300 e.